The summed E-state index contributed by atoms with van der Waals surface area (Å²) in [7, 11) is 0. The van der Waals surface area contributed by atoms with Crippen molar-refractivity contribution in [1.29, 1.82) is 0 Å². The van der Waals surface area contributed by atoms with Crippen molar-refractivity contribution in [3.05, 3.63) is 141 Å². The Labute approximate surface area is 293 Å². The van der Waals surface area contributed by atoms with Crippen molar-refractivity contribution in [3.8, 4) is 23.0 Å². The number of hydrogen-bond donors (Lipinski definition) is 2. The van der Waals surface area contributed by atoms with Crippen molar-refractivity contribution in [2.75, 3.05) is 26.4 Å². The van der Waals surface area contributed by atoms with Crippen molar-refractivity contribution >= 4 is 11.9 Å². The van der Waals surface area contributed by atoms with Gasteiger partial charge in [0.25, 0.3) is 0 Å². The molecule has 0 radical (unpaired) electrons. The maximum absolute atomic E-state index is 11.8. The lowest BCUT2D eigenvalue weighted by Crippen LogP contribution is -2.13. The maximum atomic E-state index is 11.8. The summed E-state index contributed by atoms with van der Waals surface area (Å²) in [6.45, 7) is 15.2. The monoisotopic (exact) mass is 676 g/mol. The van der Waals surface area contributed by atoms with Gasteiger partial charge in [-0.25, -0.2) is 9.59 Å². The van der Waals surface area contributed by atoms with Gasteiger partial charge in [0, 0.05) is 37.8 Å². The molecule has 5 rings (SSSR count). The Bertz CT molecular complexity index is 1720. The number of esters is 2. The summed E-state index contributed by atoms with van der Waals surface area (Å²) in [4.78, 5) is 23.4. The number of carbonyl (C=O) groups excluding carboxylic acids is 2. The third-order valence-electron chi connectivity index (χ3n) is 8.60. The van der Waals surface area contributed by atoms with Crippen LogP contribution in [0.2, 0.25) is 0 Å². The minimum atomic E-state index is -0.529. The van der Waals surface area contributed by atoms with Crippen LogP contribution in [0, 0.1) is 27.7 Å². The molecule has 1 aliphatic carbocycles. The summed E-state index contributed by atoms with van der Waals surface area (Å²) in [6.07, 6.45) is 3.72. The molecule has 50 heavy (non-hydrogen) atoms. The van der Waals surface area contributed by atoms with Crippen LogP contribution in [0.15, 0.2) is 73.8 Å². The number of phenols is 2. The lowest BCUT2D eigenvalue weighted by molar-refractivity contribution is -0.139. The van der Waals surface area contributed by atoms with E-state index in [0.717, 1.165) is 78.9 Å². The molecule has 0 amide bonds. The van der Waals surface area contributed by atoms with Crippen LogP contribution in [-0.2, 0) is 44.7 Å². The van der Waals surface area contributed by atoms with Gasteiger partial charge < -0.3 is 29.2 Å². The first-order chi connectivity index (χ1) is 23.9. The highest BCUT2D eigenvalue weighted by molar-refractivity contribution is 5.81. The average Bonchev–Trinajstić information content (AvgIpc) is 3.06. The van der Waals surface area contributed by atoms with E-state index in [0.29, 0.717) is 37.2 Å². The molecule has 0 spiro atoms. The van der Waals surface area contributed by atoms with E-state index >= 15 is 0 Å². The van der Waals surface area contributed by atoms with Crippen molar-refractivity contribution < 1.29 is 38.7 Å². The van der Waals surface area contributed by atoms with Gasteiger partial charge in [-0.2, -0.15) is 0 Å². The minimum absolute atomic E-state index is 0.0372. The molecule has 8 heteroatoms. The number of fused-ring (bicyclic) bond motifs is 8. The van der Waals surface area contributed by atoms with Crippen molar-refractivity contribution in [3.63, 3.8) is 0 Å². The molecule has 0 heterocycles. The van der Waals surface area contributed by atoms with Gasteiger partial charge in [0.15, 0.2) is 0 Å². The number of hydrogen-bond acceptors (Lipinski definition) is 8. The molecule has 0 saturated carbocycles. The number of benzene rings is 4. The van der Waals surface area contributed by atoms with Crippen LogP contribution in [-0.4, -0.2) is 48.6 Å². The topological polar surface area (TPSA) is 112 Å². The Morgan fingerprint density at radius 3 is 1.04 bits per heavy atom. The number of aromatic hydroxyl groups is 2. The average molecular weight is 677 g/mol. The number of phenolic OH excluding ortho intramolecular Hbond substituents is 2. The Morgan fingerprint density at radius 1 is 0.520 bits per heavy atom. The van der Waals surface area contributed by atoms with Crippen LogP contribution in [0.3, 0.4) is 0 Å². The summed E-state index contributed by atoms with van der Waals surface area (Å²) < 4.78 is 23.1. The first-order valence-electron chi connectivity index (χ1n) is 16.7. The van der Waals surface area contributed by atoms with Crippen LogP contribution < -0.4 is 9.47 Å². The summed E-state index contributed by atoms with van der Waals surface area (Å²) >= 11 is 0. The van der Waals surface area contributed by atoms with Gasteiger partial charge in [0.05, 0.1) is 0 Å². The third kappa shape index (κ3) is 8.55. The van der Waals surface area contributed by atoms with Crippen LogP contribution in [0.25, 0.3) is 0 Å². The molecule has 1 aliphatic rings. The quantitative estimate of drug-likeness (QED) is 0.0906. The molecule has 0 unspecified atom stereocenters. The predicted octanol–water partition coefficient (Wildman–Crippen LogP) is 7.22. The molecule has 0 aliphatic heterocycles. The van der Waals surface area contributed by atoms with E-state index in [4.69, 9.17) is 18.9 Å². The van der Waals surface area contributed by atoms with E-state index < -0.39 is 11.9 Å². The lowest BCUT2D eigenvalue weighted by Gasteiger charge is -2.22. The molecule has 0 aromatic heterocycles. The largest absolute Gasteiger partial charge is 0.507 e. The zero-order valence-electron chi connectivity index (χ0n) is 29.2. The van der Waals surface area contributed by atoms with E-state index in [2.05, 4.69) is 13.2 Å². The van der Waals surface area contributed by atoms with E-state index in [-0.39, 0.29) is 37.9 Å². The lowest BCUT2D eigenvalue weighted by atomic mass is 9.89. The van der Waals surface area contributed by atoms with Crippen LogP contribution in [0.1, 0.15) is 66.8 Å². The summed E-state index contributed by atoms with van der Waals surface area (Å²) in [5, 5.41) is 23.6. The number of ether oxygens (including phenoxy) is 4. The molecule has 0 saturated heterocycles. The van der Waals surface area contributed by atoms with Gasteiger partial charge in [-0.15, -0.1) is 0 Å². The fraction of sp³-hybridized carbons (Fsp3) is 0.286. The highest BCUT2D eigenvalue weighted by atomic mass is 16.6. The maximum Gasteiger partial charge on any atom is 0.330 e. The van der Waals surface area contributed by atoms with Gasteiger partial charge in [0.1, 0.15) is 49.4 Å². The van der Waals surface area contributed by atoms with Gasteiger partial charge in [-0.3, -0.25) is 0 Å². The highest BCUT2D eigenvalue weighted by Gasteiger charge is 2.22. The van der Waals surface area contributed by atoms with Crippen LogP contribution >= 0.6 is 0 Å². The van der Waals surface area contributed by atoms with E-state index in [9.17, 15) is 19.8 Å². The predicted molar refractivity (Wildman–Crippen MR) is 193 cm³/mol. The molecule has 8 nitrogen and oxygen atoms in total. The Balaban J connectivity index is 1.67. The number of rotatable bonds is 10. The first kappa shape index (κ1) is 35.8. The molecule has 0 atom stereocenters. The minimum Gasteiger partial charge on any atom is -0.507 e. The van der Waals surface area contributed by atoms with Crippen molar-refractivity contribution in [1.82, 2.24) is 0 Å². The molecular weight excluding hydrogens is 632 g/mol. The molecule has 0 fully saturated rings. The fourth-order valence-electron chi connectivity index (χ4n) is 6.67. The zero-order valence-corrected chi connectivity index (χ0v) is 29.2. The smallest absolute Gasteiger partial charge is 0.330 e. The summed E-state index contributed by atoms with van der Waals surface area (Å²) in [5.74, 6) is 0.553. The third-order valence-corrected chi connectivity index (χ3v) is 8.60. The Hall–Kier alpha value is -5.50. The second-order valence-electron chi connectivity index (χ2n) is 12.8. The van der Waals surface area contributed by atoms with Gasteiger partial charge in [-0.05, 0) is 72.2 Å². The van der Waals surface area contributed by atoms with Crippen molar-refractivity contribution in [2.24, 2.45) is 0 Å². The zero-order chi connectivity index (χ0) is 35.9. The van der Waals surface area contributed by atoms with Gasteiger partial charge in [0.2, 0.25) is 0 Å². The van der Waals surface area contributed by atoms with E-state index in [1.807, 2.05) is 76.2 Å². The second kappa shape index (κ2) is 15.8. The standard InChI is InChI=1S/C42H44O8/c1-7-37(43)47-9-11-49-41-33-17-27(5)18-34(41)22-30-14-26(4)16-32(40(30)46)24-36-20-28(6)19-35(42(36)50-12-10-48-38(44)8-2)23-31-15-25(3)13-29(21-33)39(31)45/h7-8,13-20,45-46H,1-2,9-12,21-24H2,3-6H3. The normalized spacial score (nSPS) is 12.1. The molecule has 4 aromatic carbocycles. The number of aryl methyl sites for hydroxylation is 4. The van der Waals surface area contributed by atoms with E-state index in [1.165, 1.54) is 0 Å². The fourth-order valence-corrected chi connectivity index (χ4v) is 6.67. The summed E-state index contributed by atoms with van der Waals surface area (Å²) in [6, 6.07) is 16.1. The molecule has 2 N–H and O–H groups in total. The summed E-state index contributed by atoms with van der Waals surface area (Å²) in [5.41, 5.74) is 10.4. The van der Waals surface area contributed by atoms with E-state index in [1.54, 1.807) is 0 Å². The van der Waals surface area contributed by atoms with Gasteiger partial charge >= 0.3 is 11.9 Å². The van der Waals surface area contributed by atoms with Crippen molar-refractivity contribution in [2.45, 2.75) is 53.4 Å². The second-order valence-corrected chi connectivity index (χ2v) is 12.8. The van der Waals surface area contributed by atoms with Crippen LogP contribution in [0.4, 0.5) is 0 Å². The number of carbonyl (C=O) groups is 2. The Morgan fingerprint density at radius 2 is 0.780 bits per heavy atom. The van der Waals surface area contributed by atoms with Gasteiger partial charge in [-0.1, -0.05) is 83.9 Å². The Kier molecular flexibility index (Phi) is 11.3. The highest BCUT2D eigenvalue weighted by Crippen LogP contribution is 2.39. The molecule has 260 valence electrons. The SMILES string of the molecule is C=CC(=O)OCCOc1c2cc(C)cc1Cc1cc(C)cc(c1O)Cc1cc(C)cc(c1OCCOC(=O)C=C)Cc1cc(C)cc(c1O)C2. The first-order valence-corrected chi connectivity index (χ1v) is 16.7. The molecule has 4 aromatic rings. The molecular formula is C42H44O8. The van der Waals surface area contributed by atoms with Crippen LogP contribution in [0.5, 0.6) is 23.0 Å². The molecule has 8 bridgehead atoms.